The molecule has 1 heterocycles. The molecule has 0 aliphatic carbocycles. The summed E-state index contributed by atoms with van der Waals surface area (Å²) in [5.74, 6) is 0.618. The van der Waals surface area contributed by atoms with E-state index in [1.807, 2.05) is 7.05 Å². The maximum Gasteiger partial charge on any atom is 0.240 e. The van der Waals surface area contributed by atoms with Gasteiger partial charge >= 0.3 is 0 Å². The van der Waals surface area contributed by atoms with Gasteiger partial charge in [-0.05, 0) is 7.05 Å². The van der Waals surface area contributed by atoms with Crippen molar-refractivity contribution in [2.75, 3.05) is 7.05 Å². The lowest BCUT2D eigenvalue weighted by Gasteiger charge is -1.85. The van der Waals surface area contributed by atoms with Gasteiger partial charge in [-0.15, -0.1) is 0 Å². The molecular formula is C4H7N3O. The average Bonchev–Trinajstić information content (AvgIpc) is 2.19. The van der Waals surface area contributed by atoms with Gasteiger partial charge in [0.2, 0.25) is 5.89 Å². The van der Waals surface area contributed by atoms with Crippen LogP contribution in [0.5, 0.6) is 0 Å². The molecule has 0 aliphatic heterocycles. The van der Waals surface area contributed by atoms with Crippen molar-refractivity contribution >= 4 is 0 Å². The van der Waals surface area contributed by atoms with E-state index in [2.05, 4.69) is 20.0 Å². The molecule has 0 amide bonds. The summed E-state index contributed by atoms with van der Waals surface area (Å²) in [6.07, 6.45) is 1.38. The summed E-state index contributed by atoms with van der Waals surface area (Å²) in [6, 6.07) is 0. The molecule has 4 heteroatoms. The Hall–Kier alpha value is -0.900. The molecule has 1 rings (SSSR count). The molecule has 8 heavy (non-hydrogen) atoms. The second-order valence-corrected chi connectivity index (χ2v) is 1.37. The van der Waals surface area contributed by atoms with E-state index < -0.39 is 0 Å². The molecule has 0 saturated carbocycles. The van der Waals surface area contributed by atoms with E-state index in [0.29, 0.717) is 12.4 Å². The van der Waals surface area contributed by atoms with E-state index in [1.165, 1.54) is 6.33 Å². The maximum atomic E-state index is 4.65. The lowest BCUT2D eigenvalue weighted by molar-refractivity contribution is 0.371. The third kappa shape index (κ3) is 1.04. The van der Waals surface area contributed by atoms with Crippen LogP contribution >= 0.6 is 0 Å². The second-order valence-electron chi connectivity index (χ2n) is 1.37. The van der Waals surface area contributed by atoms with Crippen LogP contribution in [0.4, 0.5) is 0 Å². The molecule has 0 bridgehead atoms. The number of hydrogen-bond donors (Lipinski definition) is 1. The monoisotopic (exact) mass is 113 g/mol. The molecule has 0 radical (unpaired) electrons. The van der Waals surface area contributed by atoms with Crippen LogP contribution in [0.25, 0.3) is 0 Å². The first-order valence-electron chi connectivity index (χ1n) is 2.33. The zero-order chi connectivity index (χ0) is 5.82. The van der Waals surface area contributed by atoms with Crippen LogP contribution in [0.1, 0.15) is 5.89 Å². The molecule has 1 aromatic heterocycles. The standard InChI is InChI=1S/C4H7N3O/c1-5-2-4-6-3-7-8-4/h3,5H,2H2,1H3. The molecule has 0 spiro atoms. The SMILES string of the molecule is CNCc1ncno1. The van der Waals surface area contributed by atoms with E-state index >= 15 is 0 Å². The second kappa shape index (κ2) is 2.42. The number of nitrogens with zero attached hydrogens (tertiary/aromatic N) is 2. The highest BCUT2D eigenvalue weighted by Crippen LogP contribution is 1.86. The number of aromatic nitrogens is 2. The van der Waals surface area contributed by atoms with Crippen LogP contribution in [0.2, 0.25) is 0 Å². The van der Waals surface area contributed by atoms with E-state index in [9.17, 15) is 0 Å². The minimum absolute atomic E-state index is 0.618. The highest BCUT2D eigenvalue weighted by molar-refractivity contribution is 4.70. The molecule has 0 aromatic carbocycles. The lowest BCUT2D eigenvalue weighted by atomic mass is 10.6. The number of rotatable bonds is 2. The predicted molar refractivity (Wildman–Crippen MR) is 27.1 cm³/mol. The molecule has 4 nitrogen and oxygen atoms in total. The van der Waals surface area contributed by atoms with Gasteiger partial charge in [0.25, 0.3) is 0 Å². The third-order valence-electron chi connectivity index (χ3n) is 0.735. The summed E-state index contributed by atoms with van der Waals surface area (Å²) in [6.45, 7) is 0.639. The molecule has 0 fully saturated rings. The zero-order valence-corrected chi connectivity index (χ0v) is 4.59. The molecule has 0 unspecified atom stereocenters. The zero-order valence-electron chi connectivity index (χ0n) is 4.59. The first-order valence-corrected chi connectivity index (χ1v) is 2.33. The third-order valence-corrected chi connectivity index (χ3v) is 0.735. The normalized spacial score (nSPS) is 9.62. The maximum absolute atomic E-state index is 4.65. The van der Waals surface area contributed by atoms with Crippen molar-refractivity contribution in [1.29, 1.82) is 0 Å². The van der Waals surface area contributed by atoms with Crippen molar-refractivity contribution in [2.45, 2.75) is 6.54 Å². The highest BCUT2D eigenvalue weighted by atomic mass is 16.5. The summed E-state index contributed by atoms with van der Waals surface area (Å²) >= 11 is 0. The molecule has 0 atom stereocenters. The first kappa shape index (κ1) is 5.24. The Morgan fingerprint density at radius 1 is 1.88 bits per heavy atom. The van der Waals surface area contributed by atoms with Gasteiger partial charge in [-0.25, -0.2) is 0 Å². The van der Waals surface area contributed by atoms with Crippen molar-refractivity contribution in [1.82, 2.24) is 15.5 Å². The van der Waals surface area contributed by atoms with E-state index in [4.69, 9.17) is 0 Å². The fourth-order valence-corrected chi connectivity index (χ4v) is 0.425. The van der Waals surface area contributed by atoms with Crippen LogP contribution in [0, 0.1) is 0 Å². The average molecular weight is 113 g/mol. The summed E-state index contributed by atoms with van der Waals surface area (Å²) in [4.78, 5) is 3.77. The van der Waals surface area contributed by atoms with Gasteiger partial charge < -0.3 is 9.84 Å². The van der Waals surface area contributed by atoms with Crippen LogP contribution in [0.3, 0.4) is 0 Å². The van der Waals surface area contributed by atoms with Crippen molar-refractivity contribution in [3.8, 4) is 0 Å². The van der Waals surface area contributed by atoms with Gasteiger partial charge in [-0.1, -0.05) is 5.16 Å². The molecule has 0 aliphatic rings. The Labute approximate surface area is 46.9 Å². The van der Waals surface area contributed by atoms with Crippen LogP contribution in [0.15, 0.2) is 10.9 Å². The van der Waals surface area contributed by atoms with E-state index in [-0.39, 0.29) is 0 Å². The summed E-state index contributed by atoms with van der Waals surface area (Å²) in [5.41, 5.74) is 0. The Morgan fingerprint density at radius 2 is 2.75 bits per heavy atom. The fourth-order valence-electron chi connectivity index (χ4n) is 0.425. The quantitative estimate of drug-likeness (QED) is 0.576. The van der Waals surface area contributed by atoms with Gasteiger partial charge in [0.15, 0.2) is 6.33 Å². The topological polar surface area (TPSA) is 51.0 Å². The van der Waals surface area contributed by atoms with Crippen molar-refractivity contribution in [3.63, 3.8) is 0 Å². The molecule has 1 aromatic rings. The smallest absolute Gasteiger partial charge is 0.240 e. The van der Waals surface area contributed by atoms with Gasteiger partial charge in [-0.2, -0.15) is 4.98 Å². The summed E-state index contributed by atoms with van der Waals surface area (Å²) in [5, 5.41) is 6.29. The van der Waals surface area contributed by atoms with Crippen molar-refractivity contribution in [3.05, 3.63) is 12.2 Å². The van der Waals surface area contributed by atoms with Crippen molar-refractivity contribution in [2.24, 2.45) is 0 Å². The Bertz CT molecular complexity index is 137. The highest BCUT2D eigenvalue weighted by Gasteiger charge is 1.91. The summed E-state index contributed by atoms with van der Waals surface area (Å²) in [7, 11) is 1.82. The van der Waals surface area contributed by atoms with Crippen molar-refractivity contribution < 1.29 is 4.52 Å². The van der Waals surface area contributed by atoms with E-state index in [0.717, 1.165) is 0 Å². The Kier molecular flexibility index (Phi) is 1.58. The van der Waals surface area contributed by atoms with Crippen LogP contribution in [-0.4, -0.2) is 17.2 Å². The largest absolute Gasteiger partial charge is 0.338 e. The predicted octanol–water partition coefficient (Wildman–Crippen LogP) is -0.211. The molecule has 44 valence electrons. The lowest BCUT2D eigenvalue weighted by Crippen LogP contribution is -2.04. The first-order chi connectivity index (χ1) is 3.93. The van der Waals surface area contributed by atoms with Crippen LogP contribution < -0.4 is 5.32 Å². The van der Waals surface area contributed by atoms with Crippen LogP contribution in [-0.2, 0) is 6.54 Å². The molecular weight excluding hydrogens is 106 g/mol. The number of hydrogen-bond acceptors (Lipinski definition) is 4. The number of nitrogens with one attached hydrogen (secondary N) is 1. The minimum atomic E-state index is 0.618. The van der Waals surface area contributed by atoms with Gasteiger partial charge in [-0.3, -0.25) is 0 Å². The van der Waals surface area contributed by atoms with E-state index in [1.54, 1.807) is 0 Å². The van der Waals surface area contributed by atoms with Gasteiger partial charge in [0.1, 0.15) is 0 Å². The van der Waals surface area contributed by atoms with Gasteiger partial charge in [0, 0.05) is 0 Å². The summed E-state index contributed by atoms with van der Waals surface area (Å²) < 4.78 is 4.65. The molecule has 0 saturated heterocycles. The minimum Gasteiger partial charge on any atom is -0.338 e. The fraction of sp³-hybridized carbons (Fsp3) is 0.500. The van der Waals surface area contributed by atoms with Gasteiger partial charge in [0.05, 0.1) is 6.54 Å². The Morgan fingerprint density at radius 3 is 3.25 bits per heavy atom. The Balaban J connectivity index is 2.50. The molecule has 1 N–H and O–H groups in total.